The van der Waals surface area contributed by atoms with Crippen LogP contribution < -0.4 is 5.32 Å². The number of carbonyl (C=O) groups excluding carboxylic acids is 1. The highest BCUT2D eigenvalue weighted by Gasteiger charge is 2.33. The van der Waals surface area contributed by atoms with Gasteiger partial charge in [0.2, 0.25) is 5.91 Å². The van der Waals surface area contributed by atoms with Crippen LogP contribution in [0.5, 0.6) is 0 Å². The number of carbonyl (C=O) groups is 1. The lowest BCUT2D eigenvalue weighted by Crippen LogP contribution is -2.29. The van der Waals surface area contributed by atoms with E-state index >= 15 is 0 Å². The second-order valence-electron chi connectivity index (χ2n) is 10.9. The van der Waals surface area contributed by atoms with Gasteiger partial charge < -0.3 is 9.88 Å². The highest BCUT2D eigenvalue weighted by atomic mass is 32.2. The quantitative estimate of drug-likeness (QED) is 0.247. The molecular weight excluding hydrogens is 570 g/mol. The molecule has 1 N–H and O–H groups in total. The Balaban J connectivity index is 1.38. The average molecular weight is 600 g/mol. The molecular formula is C31H29F4N3O3S. The van der Waals surface area contributed by atoms with Gasteiger partial charge in [0.1, 0.15) is 11.6 Å². The molecule has 2 unspecified atom stereocenters. The van der Waals surface area contributed by atoms with Gasteiger partial charge >= 0.3 is 6.18 Å². The monoisotopic (exact) mass is 599 g/mol. The molecule has 2 atom stereocenters. The largest absolute Gasteiger partial charge is 0.416 e. The third-order valence-corrected chi connectivity index (χ3v) is 8.47. The van der Waals surface area contributed by atoms with Crippen molar-refractivity contribution in [2.45, 2.75) is 38.3 Å². The van der Waals surface area contributed by atoms with Crippen molar-refractivity contribution in [2.75, 3.05) is 11.6 Å². The van der Waals surface area contributed by atoms with E-state index in [0.717, 1.165) is 51.3 Å². The van der Waals surface area contributed by atoms with Crippen molar-refractivity contribution in [1.29, 1.82) is 0 Å². The molecule has 4 aromatic rings. The molecule has 3 aromatic carbocycles. The number of hydrogen-bond donors (Lipinski definition) is 1. The van der Waals surface area contributed by atoms with Crippen molar-refractivity contribution in [1.82, 2.24) is 9.55 Å². The van der Waals surface area contributed by atoms with Crippen molar-refractivity contribution in [3.8, 4) is 11.1 Å². The molecule has 220 valence electrons. The number of allylic oxidation sites excluding steroid dienone is 1. The lowest BCUT2D eigenvalue weighted by Gasteiger charge is -2.31. The number of amides is 1. The van der Waals surface area contributed by atoms with Crippen molar-refractivity contribution >= 4 is 32.5 Å². The van der Waals surface area contributed by atoms with Gasteiger partial charge in [0.15, 0.2) is 9.84 Å². The summed E-state index contributed by atoms with van der Waals surface area (Å²) in [5.74, 6) is -1.80. The average Bonchev–Trinajstić information content (AvgIpc) is 3.20. The number of nitrogens with zero attached hydrogens (tertiary/aromatic N) is 2. The summed E-state index contributed by atoms with van der Waals surface area (Å²) in [5.41, 5.74) is 3.82. The van der Waals surface area contributed by atoms with Crippen LogP contribution in [0.1, 0.15) is 42.1 Å². The predicted octanol–water partition coefficient (Wildman–Crippen LogP) is 7.16. The summed E-state index contributed by atoms with van der Waals surface area (Å²) in [7, 11) is -1.53. The van der Waals surface area contributed by atoms with E-state index in [1.54, 1.807) is 0 Å². The second kappa shape index (κ2) is 11.0. The van der Waals surface area contributed by atoms with E-state index in [0.29, 0.717) is 30.5 Å². The third kappa shape index (κ3) is 6.41. The van der Waals surface area contributed by atoms with Gasteiger partial charge in [-0.3, -0.25) is 4.79 Å². The Bertz CT molecular complexity index is 1810. The van der Waals surface area contributed by atoms with Gasteiger partial charge in [0.25, 0.3) is 0 Å². The molecule has 0 bridgehead atoms. The van der Waals surface area contributed by atoms with Gasteiger partial charge in [-0.25, -0.2) is 17.8 Å². The molecule has 1 heterocycles. The molecule has 1 aliphatic carbocycles. The minimum absolute atomic E-state index is 0.138. The fourth-order valence-electron chi connectivity index (χ4n) is 5.55. The molecule has 6 nitrogen and oxygen atoms in total. The van der Waals surface area contributed by atoms with Crippen molar-refractivity contribution < 1.29 is 30.8 Å². The van der Waals surface area contributed by atoms with Crippen LogP contribution in [0, 0.1) is 18.7 Å². The Morgan fingerprint density at radius 3 is 2.36 bits per heavy atom. The highest BCUT2D eigenvalue weighted by Crippen LogP contribution is 2.41. The number of anilines is 1. The number of halogens is 4. The van der Waals surface area contributed by atoms with Crippen molar-refractivity contribution in [3.05, 3.63) is 94.4 Å². The van der Waals surface area contributed by atoms with Gasteiger partial charge in [0.05, 0.1) is 22.3 Å². The van der Waals surface area contributed by atoms with E-state index in [2.05, 4.69) is 10.3 Å². The topological polar surface area (TPSA) is 81.1 Å². The molecule has 0 spiro atoms. The zero-order valence-electron chi connectivity index (χ0n) is 23.2. The Morgan fingerprint density at radius 2 is 1.71 bits per heavy atom. The van der Waals surface area contributed by atoms with E-state index in [9.17, 15) is 30.8 Å². The Hall–Kier alpha value is -3.99. The standard InChI is InChI=1S/C31H29F4N3O3S/c1-18-36-28-15-22(8-11-29(28)38(18)2)20-4-6-21(7-5-20)23-12-19(17-42(3,40)41)13-24(14-23)30(39)37-27-10-9-25(16-26(27)32)31(33,34)35/h4-11,15-17,23-24H,12-14H2,1-3H3,(H,37,39)/b19-17+. The Labute approximate surface area is 241 Å². The lowest BCUT2D eigenvalue weighted by molar-refractivity contribution is -0.137. The van der Waals surface area contributed by atoms with Crippen LogP contribution in [0.4, 0.5) is 23.2 Å². The van der Waals surface area contributed by atoms with Crippen LogP contribution in [0.25, 0.3) is 22.2 Å². The minimum Gasteiger partial charge on any atom is -0.331 e. The maximum atomic E-state index is 14.4. The molecule has 0 aliphatic heterocycles. The normalized spacial score (nSPS) is 18.9. The van der Waals surface area contributed by atoms with Crippen LogP contribution in [-0.4, -0.2) is 30.1 Å². The zero-order valence-corrected chi connectivity index (χ0v) is 24.0. The molecule has 11 heteroatoms. The minimum atomic E-state index is -4.72. The van der Waals surface area contributed by atoms with Crippen LogP contribution >= 0.6 is 0 Å². The molecule has 5 rings (SSSR count). The number of sulfone groups is 1. The molecule has 0 radical (unpaired) electrons. The summed E-state index contributed by atoms with van der Waals surface area (Å²) < 4.78 is 79.3. The zero-order chi connectivity index (χ0) is 30.4. The van der Waals surface area contributed by atoms with Crippen LogP contribution in [0.15, 0.2) is 71.6 Å². The molecule has 0 saturated heterocycles. The first-order valence-electron chi connectivity index (χ1n) is 13.3. The van der Waals surface area contributed by atoms with Gasteiger partial charge in [-0.1, -0.05) is 35.9 Å². The van der Waals surface area contributed by atoms with Crippen molar-refractivity contribution in [2.24, 2.45) is 13.0 Å². The lowest BCUT2D eigenvalue weighted by atomic mass is 9.75. The van der Waals surface area contributed by atoms with E-state index < -0.39 is 39.2 Å². The van der Waals surface area contributed by atoms with E-state index in [1.807, 2.05) is 61.0 Å². The van der Waals surface area contributed by atoms with Crippen LogP contribution in [-0.2, 0) is 27.9 Å². The summed E-state index contributed by atoms with van der Waals surface area (Å²) in [5, 5.41) is 3.56. The van der Waals surface area contributed by atoms with Gasteiger partial charge in [-0.15, -0.1) is 0 Å². The number of benzene rings is 3. The molecule has 1 fully saturated rings. The van der Waals surface area contributed by atoms with Gasteiger partial charge in [-0.05, 0) is 79.1 Å². The summed E-state index contributed by atoms with van der Waals surface area (Å²) in [6.07, 6.45) is -2.73. The SMILES string of the molecule is Cc1nc2cc(-c3ccc(C4C/C(=C\S(C)(=O)=O)CC(C(=O)Nc5ccc(C(F)(F)F)cc5F)C4)cc3)ccc2n1C. The number of imidazole rings is 1. The first-order chi connectivity index (χ1) is 19.7. The summed E-state index contributed by atoms with van der Waals surface area (Å²) >= 11 is 0. The molecule has 1 amide bonds. The third-order valence-electron chi connectivity index (χ3n) is 7.71. The van der Waals surface area contributed by atoms with Crippen LogP contribution in [0.2, 0.25) is 0 Å². The number of nitrogens with one attached hydrogen (secondary N) is 1. The number of fused-ring (bicyclic) bond motifs is 1. The fourth-order valence-corrected chi connectivity index (χ4v) is 6.35. The maximum Gasteiger partial charge on any atom is 0.416 e. The highest BCUT2D eigenvalue weighted by molar-refractivity contribution is 7.93. The first kappa shape index (κ1) is 29.5. The number of rotatable bonds is 5. The number of aromatic nitrogens is 2. The first-order valence-corrected chi connectivity index (χ1v) is 15.2. The van der Waals surface area contributed by atoms with Gasteiger partial charge in [0, 0.05) is 24.6 Å². The number of alkyl halides is 3. The summed E-state index contributed by atoms with van der Waals surface area (Å²) in [6.45, 7) is 1.94. The van der Waals surface area contributed by atoms with E-state index in [4.69, 9.17) is 0 Å². The molecule has 1 saturated carbocycles. The van der Waals surface area contributed by atoms with Crippen molar-refractivity contribution in [3.63, 3.8) is 0 Å². The molecule has 1 aromatic heterocycles. The number of hydrogen-bond acceptors (Lipinski definition) is 4. The second-order valence-corrected chi connectivity index (χ2v) is 12.8. The summed E-state index contributed by atoms with van der Waals surface area (Å²) in [6, 6.07) is 15.8. The Morgan fingerprint density at radius 1 is 1.02 bits per heavy atom. The maximum absolute atomic E-state index is 14.4. The summed E-state index contributed by atoms with van der Waals surface area (Å²) in [4.78, 5) is 17.8. The van der Waals surface area contributed by atoms with Crippen LogP contribution in [0.3, 0.4) is 0 Å². The molecule has 1 aliphatic rings. The van der Waals surface area contributed by atoms with E-state index in [1.165, 1.54) is 0 Å². The Kier molecular flexibility index (Phi) is 7.74. The smallest absolute Gasteiger partial charge is 0.331 e. The van der Waals surface area contributed by atoms with Gasteiger partial charge in [-0.2, -0.15) is 13.2 Å². The fraction of sp³-hybridized carbons (Fsp3) is 0.290. The molecule has 42 heavy (non-hydrogen) atoms. The van der Waals surface area contributed by atoms with E-state index in [-0.39, 0.29) is 18.0 Å². The predicted molar refractivity (Wildman–Crippen MR) is 154 cm³/mol. The number of aryl methyl sites for hydroxylation is 2.